The Hall–Kier alpha value is -3.72. The SMILES string of the molecule is Cc1[nH]nc(N=Cc2c3ccccc3cc3ccccc23)c1-c1ccccc1. The van der Waals surface area contributed by atoms with Crippen LogP contribution in [0.2, 0.25) is 0 Å². The van der Waals surface area contributed by atoms with E-state index in [9.17, 15) is 0 Å². The van der Waals surface area contributed by atoms with Gasteiger partial charge in [0.1, 0.15) is 0 Å². The maximum absolute atomic E-state index is 4.81. The Morgan fingerprint density at radius 2 is 1.39 bits per heavy atom. The number of fused-ring (bicyclic) bond motifs is 2. The molecule has 1 aromatic heterocycles. The van der Waals surface area contributed by atoms with Crippen LogP contribution in [0.4, 0.5) is 5.82 Å². The summed E-state index contributed by atoms with van der Waals surface area (Å²) in [7, 11) is 0. The van der Waals surface area contributed by atoms with Gasteiger partial charge in [-0.25, -0.2) is 4.99 Å². The summed E-state index contributed by atoms with van der Waals surface area (Å²) in [6.45, 7) is 2.03. The van der Waals surface area contributed by atoms with E-state index in [2.05, 4.69) is 76.9 Å². The number of aliphatic imine (C=N–C) groups is 1. The van der Waals surface area contributed by atoms with E-state index < -0.39 is 0 Å². The standard InChI is InChI=1S/C25H19N3/c1-17-24(18-9-3-2-4-10-18)25(28-27-17)26-16-23-21-13-7-5-11-19(21)15-20-12-6-8-14-22(20)23/h2-16H,1H3,(H,27,28). The normalized spacial score (nSPS) is 11.6. The van der Waals surface area contributed by atoms with E-state index in [0.717, 1.165) is 22.4 Å². The molecule has 5 aromatic rings. The van der Waals surface area contributed by atoms with E-state index >= 15 is 0 Å². The molecule has 0 atom stereocenters. The van der Waals surface area contributed by atoms with Crippen molar-refractivity contribution in [3.8, 4) is 11.1 Å². The second-order valence-electron chi connectivity index (χ2n) is 6.90. The van der Waals surface area contributed by atoms with Crippen molar-refractivity contribution in [2.45, 2.75) is 6.92 Å². The second kappa shape index (κ2) is 6.78. The largest absolute Gasteiger partial charge is 0.280 e. The maximum atomic E-state index is 4.81. The zero-order valence-electron chi connectivity index (χ0n) is 15.6. The summed E-state index contributed by atoms with van der Waals surface area (Å²) in [5.41, 5.74) is 4.29. The molecule has 0 spiro atoms. The molecule has 0 saturated carbocycles. The minimum Gasteiger partial charge on any atom is -0.280 e. The number of aryl methyl sites for hydroxylation is 1. The number of aromatic nitrogens is 2. The highest BCUT2D eigenvalue weighted by molar-refractivity contribution is 6.13. The van der Waals surface area contributed by atoms with Crippen molar-refractivity contribution in [3.05, 3.63) is 96.2 Å². The molecule has 0 radical (unpaired) electrons. The lowest BCUT2D eigenvalue weighted by Crippen LogP contribution is -1.88. The molecule has 4 aromatic carbocycles. The minimum atomic E-state index is 0.709. The van der Waals surface area contributed by atoms with Crippen molar-refractivity contribution in [1.29, 1.82) is 0 Å². The maximum Gasteiger partial charge on any atom is 0.181 e. The smallest absolute Gasteiger partial charge is 0.181 e. The van der Waals surface area contributed by atoms with Gasteiger partial charge >= 0.3 is 0 Å². The average molecular weight is 361 g/mol. The lowest BCUT2D eigenvalue weighted by molar-refractivity contribution is 1.04. The van der Waals surface area contributed by atoms with Crippen LogP contribution in [0.3, 0.4) is 0 Å². The van der Waals surface area contributed by atoms with Crippen molar-refractivity contribution in [3.63, 3.8) is 0 Å². The van der Waals surface area contributed by atoms with Gasteiger partial charge in [-0.1, -0.05) is 78.9 Å². The molecule has 0 aliphatic rings. The molecule has 0 aliphatic carbocycles. The van der Waals surface area contributed by atoms with E-state index in [-0.39, 0.29) is 0 Å². The highest BCUT2D eigenvalue weighted by atomic mass is 15.2. The Labute approximate surface area is 163 Å². The molecule has 0 bridgehead atoms. The summed E-state index contributed by atoms with van der Waals surface area (Å²) in [5.74, 6) is 0.709. The lowest BCUT2D eigenvalue weighted by atomic mass is 9.97. The Kier molecular flexibility index (Phi) is 3.99. The quantitative estimate of drug-likeness (QED) is 0.291. The van der Waals surface area contributed by atoms with Gasteiger partial charge in [-0.2, -0.15) is 5.10 Å². The fourth-order valence-corrected chi connectivity index (χ4v) is 3.77. The topological polar surface area (TPSA) is 41.0 Å². The van der Waals surface area contributed by atoms with Gasteiger partial charge in [-0.15, -0.1) is 0 Å². The van der Waals surface area contributed by atoms with E-state index in [4.69, 9.17) is 4.99 Å². The van der Waals surface area contributed by atoms with Crippen LogP contribution in [0.15, 0.2) is 89.9 Å². The Morgan fingerprint density at radius 1 is 0.786 bits per heavy atom. The van der Waals surface area contributed by atoms with Gasteiger partial charge in [0.05, 0.1) is 0 Å². The van der Waals surface area contributed by atoms with Gasteiger partial charge in [0, 0.05) is 23.0 Å². The van der Waals surface area contributed by atoms with Crippen molar-refractivity contribution in [2.75, 3.05) is 0 Å². The van der Waals surface area contributed by atoms with Crippen molar-refractivity contribution in [2.24, 2.45) is 4.99 Å². The number of nitrogens with one attached hydrogen (secondary N) is 1. The van der Waals surface area contributed by atoms with E-state index in [1.165, 1.54) is 21.5 Å². The summed E-state index contributed by atoms with van der Waals surface area (Å²) < 4.78 is 0. The Balaban J connectivity index is 1.70. The Morgan fingerprint density at radius 3 is 2.07 bits per heavy atom. The fraction of sp³-hybridized carbons (Fsp3) is 0.0400. The third kappa shape index (κ3) is 2.78. The van der Waals surface area contributed by atoms with Crippen LogP contribution in [0.25, 0.3) is 32.7 Å². The monoisotopic (exact) mass is 361 g/mol. The minimum absolute atomic E-state index is 0.709. The molecule has 0 saturated heterocycles. The first kappa shape index (κ1) is 16.5. The molecule has 28 heavy (non-hydrogen) atoms. The van der Waals surface area contributed by atoms with Gasteiger partial charge in [0.2, 0.25) is 0 Å². The van der Waals surface area contributed by atoms with Crippen LogP contribution >= 0.6 is 0 Å². The number of aromatic amines is 1. The van der Waals surface area contributed by atoms with E-state index in [1.807, 2.05) is 31.3 Å². The van der Waals surface area contributed by atoms with Crippen molar-refractivity contribution >= 4 is 33.6 Å². The van der Waals surface area contributed by atoms with Crippen LogP contribution in [-0.2, 0) is 0 Å². The summed E-state index contributed by atoms with van der Waals surface area (Å²) in [6, 6.07) is 29.4. The zero-order chi connectivity index (χ0) is 18.9. The molecular weight excluding hydrogens is 342 g/mol. The summed E-state index contributed by atoms with van der Waals surface area (Å²) in [6.07, 6.45) is 1.95. The molecule has 0 amide bonds. The number of nitrogens with zero attached hydrogens (tertiary/aromatic N) is 2. The van der Waals surface area contributed by atoms with Gasteiger partial charge in [-0.05, 0) is 40.1 Å². The van der Waals surface area contributed by atoms with Crippen LogP contribution < -0.4 is 0 Å². The Bertz CT molecular complexity index is 1260. The van der Waals surface area contributed by atoms with Gasteiger partial charge in [0.15, 0.2) is 5.82 Å². The predicted octanol–water partition coefficient (Wildman–Crippen LogP) is 6.44. The van der Waals surface area contributed by atoms with E-state index in [0.29, 0.717) is 5.82 Å². The third-order valence-corrected chi connectivity index (χ3v) is 5.12. The van der Waals surface area contributed by atoms with Crippen LogP contribution in [0, 0.1) is 6.92 Å². The highest BCUT2D eigenvalue weighted by Crippen LogP contribution is 2.32. The van der Waals surface area contributed by atoms with Gasteiger partial charge in [-0.3, -0.25) is 5.10 Å². The zero-order valence-corrected chi connectivity index (χ0v) is 15.6. The molecule has 0 aliphatic heterocycles. The van der Waals surface area contributed by atoms with Crippen molar-refractivity contribution in [1.82, 2.24) is 10.2 Å². The van der Waals surface area contributed by atoms with Gasteiger partial charge in [0.25, 0.3) is 0 Å². The molecule has 3 heteroatoms. The summed E-state index contributed by atoms with van der Waals surface area (Å²) in [5, 5.41) is 12.3. The highest BCUT2D eigenvalue weighted by Gasteiger charge is 2.12. The van der Waals surface area contributed by atoms with Crippen molar-refractivity contribution < 1.29 is 0 Å². The molecule has 1 N–H and O–H groups in total. The number of hydrogen-bond acceptors (Lipinski definition) is 2. The number of H-pyrrole nitrogens is 1. The molecule has 5 rings (SSSR count). The summed E-state index contributed by atoms with van der Waals surface area (Å²) >= 11 is 0. The summed E-state index contributed by atoms with van der Waals surface area (Å²) in [4.78, 5) is 4.81. The first-order valence-corrected chi connectivity index (χ1v) is 9.36. The fourth-order valence-electron chi connectivity index (χ4n) is 3.77. The molecular formula is C25H19N3. The van der Waals surface area contributed by atoms with E-state index in [1.54, 1.807) is 0 Å². The average Bonchev–Trinajstić information content (AvgIpc) is 3.12. The molecule has 0 fully saturated rings. The first-order chi connectivity index (χ1) is 13.8. The predicted molar refractivity (Wildman–Crippen MR) is 117 cm³/mol. The van der Waals surface area contributed by atoms with Gasteiger partial charge < -0.3 is 0 Å². The second-order valence-corrected chi connectivity index (χ2v) is 6.90. The number of hydrogen-bond donors (Lipinski definition) is 1. The molecule has 3 nitrogen and oxygen atoms in total. The lowest BCUT2D eigenvalue weighted by Gasteiger charge is -2.08. The first-order valence-electron chi connectivity index (χ1n) is 9.36. The van der Waals surface area contributed by atoms with Crippen LogP contribution in [0.5, 0.6) is 0 Å². The third-order valence-electron chi connectivity index (χ3n) is 5.12. The number of rotatable bonds is 3. The number of benzene rings is 4. The molecule has 1 heterocycles. The molecule has 134 valence electrons. The molecule has 0 unspecified atom stereocenters. The van der Waals surface area contributed by atoms with Crippen LogP contribution in [0.1, 0.15) is 11.3 Å². The van der Waals surface area contributed by atoms with Crippen LogP contribution in [-0.4, -0.2) is 16.4 Å².